The Morgan fingerprint density at radius 1 is 1.44 bits per heavy atom. The highest BCUT2D eigenvalue weighted by atomic mass is 15.1. The molecule has 1 heterocycles. The number of hydrogen-bond acceptors (Lipinski definition) is 3. The molecule has 4 heteroatoms. The molecule has 0 radical (unpaired) electrons. The van der Waals surface area contributed by atoms with Crippen molar-refractivity contribution in [2.45, 2.75) is 46.2 Å². The number of H-pyrrole nitrogens is 1. The Balaban J connectivity index is 2.18. The Kier molecular flexibility index (Phi) is 6.11. The lowest BCUT2D eigenvalue weighted by Gasteiger charge is -2.13. The minimum Gasteiger partial charge on any atom is -0.315 e. The van der Waals surface area contributed by atoms with Gasteiger partial charge in [0.25, 0.3) is 0 Å². The van der Waals surface area contributed by atoms with Crippen molar-refractivity contribution < 1.29 is 0 Å². The van der Waals surface area contributed by atoms with Gasteiger partial charge in [-0.05, 0) is 32.4 Å². The average molecular weight is 224 g/mol. The molecule has 1 aromatic rings. The first-order valence-electron chi connectivity index (χ1n) is 6.23. The second-order valence-corrected chi connectivity index (χ2v) is 4.22. The van der Waals surface area contributed by atoms with E-state index in [4.69, 9.17) is 0 Å². The molecular weight excluding hydrogens is 200 g/mol. The number of aromatic nitrogens is 2. The first kappa shape index (κ1) is 13.2. The van der Waals surface area contributed by atoms with Gasteiger partial charge in [0.2, 0.25) is 0 Å². The fourth-order valence-corrected chi connectivity index (χ4v) is 1.53. The number of rotatable bonds is 8. The van der Waals surface area contributed by atoms with E-state index in [2.05, 4.69) is 47.7 Å². The van der Waals surface area contributed by atoms with Crippen LogP contribution in [0.4, 0.5) is 0 Å². The molecule has 16 heavy (non-hydrogen) atoms. The maximum Gasteiger partial charge on any atom is 0.0622 e. The molecule has 0 amide bonds. The van der Waals surface area contributed by atoms with Crippen molar-refractivity contribution in [2.75, 3.05) is 13.1 Å². The standard InChI is InChI=1S/C12H24N4/c1-4-6-13-8-10(3)14-9-12-7-11(5-2)15-16-12/h7,10,13-14H,4-6,8-9H2,1-3H3,(H,15,16). The van der Waals surface area contributed by atoms with E-state index in [1.807, 2.05) is 0 Å². The van der Waals surface area contributed by atoms with Crippen molar-refractivity contribution in [3.05, 3.63) is 17.5 Å². The highest BCUT2D eigenvalue weighted by Crippen LogP contribution is 1.99. The maximum atomic E-state index is 4.21. The zero-order valence-electron chi connectivity index (χ0n) is 10.6. The first-order chi connectivity index (χ1) is 7.76. The lowest BCUT2D eigenvalue weighted by Crippen LogP contribution is -2.36. The van der Waals surface area contributed by atoms with Gasteiger partial charge in [0.15, 0.2) is 0 Å². The smallest absolute Gasteiger partial charge is 0.0622 e. The topological polar surface area (TPSA) is 52.7 Å². The third-order valence-electron chi connectivity index (χ3n) is 2.56. The number of hydrogen-bond donors (Lipinski definition) is 3. The van der Waals surface area contributed by atoms with Crippen LogP contribution in [0.15, 0.2) is 6.07 Å². The van der Waals surface area contributed by atoms with Crippen molar-refractivity contribution in [3.63, 3.8) is 0 Å². The normalized spacial score (nSPS) is 12.9. The predicted octanol–water partition coefficient (Wildman–Crippen LogP) is 1.45. The van der Waals surface area contributed by atoms with Gasteiger partial charge in [-0.2, -0.15) is 5.10 Å². The maximum absolute atomic E-state index is 4.21. The van der Waals surface area contributed by atoms with E-state index in [0.29, 0.717) is 6.04 Å². The zero-order valence-corrected chi connectivity index (χ0v) is 10.6. The molecule has 0 aliphatic rings. The van der Waals surface area contributed by atoms with Crippen molar-refractivity contribution >= 4 is 0 Å². The predicted molar refractivity (Wildman–Crippen MR) is 67.4 cm³/mol. The van der Waals surface area contributed by atoms with Gasteiger partial charge in [-0.3, -0.25) is 5.10 Å². The Labute approximate surface area is 98.2 Å². The SMILES string of the molecule is CCCNCC(C)NCc1cc(CC)n[nH]1. The van der Waals surface area contributed by atoms with Crippen molar-refractivity contribution in [1.82, 2.24) is 20.8 Å². The summed E-state index contributed by atoms with van der Waals surface area (Å²) in [6.45, 7) is 9.47. The molecule has 1 unspecified atom stereocenters. The van der Waals surface area contributed by atoms with Crippen LogP contribution in [0.3, 0.4) is 0 Å². The molecule has 3 N–H and O–H groups in total. The van der Waals surface area contributed by atoms with Gasteiger partial charge in [-0.1, -0.05) is 13.8 Å². The molecule has 0 spiro atoms. The summed E-state index contributed by atoms with van der Waals surface area (Å²) in [5.41, 5.74) is 2.30. The van der Waals surface area contributed by atoms with Gasteiger partial charge in [-0.25, -0.2) is 0 Å². The van der Waals surface area contributed by atoms with Crippen molar-refractivity contribution in [3.8, 4) is 0 Å². The third-order valence-corrected chi connectivity index (χ3v) is 2.56. The molecular formula is C12H24N4. The molecule has 0 saturated heterocycles. The monoisotopic (exact) mass is 224 g/mol. The molecule has 0 aromatic carbocycles. The molecule has 0 saturated carbocycles. The molecule has 0 aliphatic heterocycles. The second-order valence-electron chi connectivity index (χ2n) is 4.22. The summed E-state index contributed by atoms with van der Waals surface area (Å²) in [7, 11) is 0. The average Bonchev–Trinajstić information content (AvgIpc) is 2.74. The van der Waals surface area contributed by atoms with Crippen LogP contribution in [0.2, 0.25) is 0 Å². The zero-order chi connectivity index (χ0) is 11.8. The minimum atomic E-state index is 0.486. The quantitative estimate of drug-likeness (QED) is 0.586. The minimum absolute atomic E-state index is 0.486. The van der Waals surface area contributed by atoms with Gasteiger partial charge in [0.05, 0.1) is 5.69 Å². The van der Waals surface area contributed by atoms with Gasteiger partial charge < -0.3 is 10.6 Å². The highest BCUT2D eigenvalue weighted by Gasteiger charge is 2.02. The molecule has 0 aliphatic carbocycles. The van der Waals surface area contributed by atoms with Crippen LogP contribution in [-0.2, 0) is 13.0 Å². The number of aryl methyl sites for hydroxylation is 1. The summed E-state index contributed by atoms with van der Waals surface area (Å²) >= 11 is 0. The molecule has 1 rings (SSSR count). The van der Waals surface area contributed by atoms with E-state index in [0.717, 1.165) is 31.7 Å². The van der Waals surface area contributed by atoms with Crippen LogP contribution in [0.25, 0.3) is 0 Å². The number of nitrogens with zero attached hydrogens (tertiary/aromatic N) is 1. The summed E-state index contributed by atoms with van der Waals surface area (Å²) in [4.78, 5) is 0. The van der Waals surface area contributed by atoms with E-state index in [1.165, 1.54) is 12.1 Å². The second kappa shape index (κ2) is 7.41. The molecule has 1 atom stereocenters. The third kappa shape index (κ3) is 4.77. The van der Waals surface area contributed by atoms with Crippen LogP contribution in [-0.4, -0.2) is 29.3 Å². The van der Waals surface area contributed by atoms with Gasteiger partial charge in [0.1, 0.15) is 0 Å². The fraction of sp³-hybridized carbons (Fsp3) is 0.750. The van der Waals surface area contributed by atoms with E-state index >= 15 is 0 Å². The molecule has 92 valence electrons. The highest BCUT2D eigenvalue weighted by molar-refractivity contribution is 5.08. The summed E-state index contributed by atoms with van der Waals surface area (Å²) in [6.07, 6.45) is 2.18. The summed E-state index contributed by atoms with van der Waals surface area (Å²) in [5.74, 6) is 0. The van der Waals surface area contributed by atoms with Crippen LogP contribution >= 0.6 is 0 Å². The van der Waals surface area contributed by atoms with Crippen molar-refractivity contribution in [1.29, 1.82) is 0 Å². The fourth-order valence-electron chi connectivity index (χ4n) is 1.53. The summed E-state index contributed by atoms with van der Waals surface area (Å²) in [5, 5.41) is 14.1. The molecule has 0 bridgehead atoms. The summed E-state index contributed by atoms with van der Waals surface area (Å²) in [6, 6.07) is 2.61. The van der Waals surface area contributed by atoms with Gasteiger partial charge in [0, 0.05) is 24.8 Å². The Bertz CT molecular complexity index is 282. The van der Waals surface area contributed by atoms with E-state index in [9.17, 15) is 0 Å². The van der Waals surface area contributed by atoms with Crippen LogP contribution in [0.1, 0.15) is 38.6 Å². The largest absolute Gasteiger partial charge is 0.315 e. The van der Waals surface area contributed by atoms with Crippen molar-refractivity contribution in [2.24, 2.45) is 0 Å². The summed E-state index contributed by atoms with van der Waals surface area (Å²) < 4.78 is 0. The number of nitrogens with one attached hydrogen (secondary N) is 3. The van der Waals surface area contributed by atoms with Crippen LogP contribution in [0, 0.1) is 0 Å². The Hall–Kier alpha value is -0.870. The van der Waals surface area contributed by atoms with Gasteiger partial charge in [-0.15, -0.1) is 0 Å². The van der Waals surface area contributed by atoms with E-state index < -0.39 is 0 Å². The lowest BCUT2D eigenvalue weighted by atomic mass is 10.3. The Morgan fingerprint density at radius 3 is 2.88 bits per heavy atom. The first-order valence-corrected chi connectivity index (χ1v) is 6.23. The molecule has 4 nitrogen and oxygen atoms in total. The van der Waals surface area contributed by atoms with Gasteiger partial charge >= 0.3 is 0 Å². The molecule has 1 aromatic heterocycles. The van der Waals surface area contributed by atoms with E-state index in [-0.39, 0.29) is 0 Å². The van der Waals surface area contributed by atoms with E-state index in [1.54, 1.807) is 0 Å². The van der Waals surface area contributed by atoms with Crippen LogP contribution in [0.5, 0.6) is 0 Å². The lowest BCUT2D eigenvalue weighted by molar-refractivity contribution is 0.497. The Morgan fingerprint density at radius 2 is 2.25 bits per heavy atom. The van der Waals surface area contributed by atoms with Crippen LogP contribution < -0.4 is 10.6 Å². The number of aromatic amines is 1. The molecule has 0 fully saturated rings.